The van der Waals surface area contributed by atoms with Gasteiger partial charge in [0.2, 0.25) is 0 Å². The molecule has 0 aliphatic carbocycles. The zero-order valence-electron chi connectivity index (χ0n) is 19.2. The number of carbonyl (C=O) groups excluding carboxylic acids is 3. The Bertz CT molecular complexity index is 1470. The largest absolute Gasteiger partial charge is 0.464 e. The molecule has 0 bridgehead atoms. The number of aromatic nitrogens is 1. The van der Waals surface area contributed by atoms with Gasteiger partial charge in [0.1, 0.15) is 6.61 Å². The lowest BCUT2D eigenvalue weighted by Crippen LogP contribution is -2.33. The second-order valence-corrected chi connectivity index (χ2v) is 9.96. The second kappa shape index (κ2) is 8.53. The Kier molecular flexibility index (Phi) is 5.86. The van der Waals surface area contributed by atoms with E-state index in [0.29, 0.717) is 16.9 Å². The maximum Gasteiger partial charge on any atom is 0.302 e. The van der Waals surface area contributed by atoms with E-state index in [4.69, 9.17) is 4.74 Å². The number of amides is 2. The van der Waals surface area contributed by atoms with E-state index in [1.54, 1.807) is 19.1 Å². The highest BCUT2D eigenvalue weighted by Crippen LogP contribution is 2.34. The summed E-state index contributed by atoms with van der Waals surface area (Å²) in [5.74, 6) is -1.65. The van der Waals surface area contributed by atoms with Gasteiger partial charge >= 0.3 is 5.97 Å². The van der Waals surface area contributed by atoms with E-state index < -0.39 is 27.8 Å². The summed E-state index contributed by atoms with van der Waals surface area (Å²) in [6.45, 7) is 4.43. The zero-order valence-corrected chi connectivity index (χ0v) is 20.0. The quantitative estimate of drug-likeness (QED) is 0.393. The lowest BCUT2D eigenvalue weighted by atomic mass is 10.0. The molecule has 0 atom stereocenters. The standard InChI is InChI=1S/C24H23N3O6S/c1-14-7-5-6-8-20(14)26(4)34(31,32)17-9-10-19-18(13-17)22-21(15(2)25-19)23(29)27(24(22)30)11-12-33-16(3)28/h5-10,13H,11-12H2,1-4H3. The number of sulfonamides is 1. The number of imide groups is 1. The highest BCUT2D eigenvalue weighted by atomic mass is 32.2. The second-order valence-electron chi connectivity index (χ2n) is 7.99. The summed E-state index contributed by atoms with van der Waals surface area (Å²) < 4.78 is 32.9. The van der Waals surface area contributed by atoms with Crippen LogP contribution in [0.25, 0.3) is 10.9 Å². The normalized spacial score (nSPS) is 13.4. The maximum atomic E-state index is 13.4. The number of nitrogens with zero attached hydrogens (tertiary/aromatic N) is 3. The van der Waals surface area contributed by atoms with Crippen molar-refractivity contribution in [3.05, 3.63) is 64.8 Å². The van der Waals surface area contributed by atoms with E-state index in [-0.39, 0.29) is 34.6 Å². The van der Waals surface area contributed by atoms with Crippen LogP contribution in [0.4, 0.5) is 5.69 Å². The molecule has 0 spiro atoms. The van der Waals surface area contributed by atoms with Gasteiger partial charge in [-0.25, -0.2) is 8.42 Å². The van der Waals surface area contributed by atoms with Crippen molar-refractivity contribution in [2.45, 2.75) is 25.7 Å². The Morgan fingerprint density at radius 2 is 1.74 bits per heavy atom. The number of hydrogen-bond acceptors (Lipinski definition) is 7. The first-order valence-corrected chi connectivity index (χ1v) is 12.0. The molecule has 1 aromatic heterocycles. The molecule has 3 aromatic rings. The minimum Gasteiger partial charge on any atom is -0.464 e. The molecule has 1 aliphatic heterocycles. The number of aryl methyl sites for hydroxylation is 2. The van der Waals surface area contributed by atoms with Crippen LogP contribution in [0.2, 0.25) is 0 Å². The number of anilines is 1. The van der Waals surface area contributed by atoms with Gasteiger partial charge in [0, 0.05) is 19.4 Å². The molecule has 0 saturated carbocycles. The molecule has 0 saturated heterocycles. The Morgan fingerprint density at radius 3 is 2.41 bits per heavy atom. The molecular weight excluding hydrogens is 458 g/mol. The summed E-state index contributed by atoms with van der Waals surface area (Å²) in [5.41, 5.74) is 2.31. The zero-order chi connectivity index (χ0) is 24.8. The molecule has 2 amide bonds. The van der Waals surface area contributed by atoms with Crippen molar-refractivity contribution in [2.24, 2.45) is 0 Å². The number of para-hydroxylation sites is 1. The van der Waals surface area contributed by atoms with Gasteiger partial charge in [0.15, 0.2) is 0 Å². The van der Waals surface area contributed by atoms with Gasteiger partial charge in [0.05, 0.1) is 39.5 Å². The van der Waals surface area contributed by atoms with Crippen LogP contribution in [0, 0.1) is 13.8 Å². The van der Waals surface area contributed by atoms with Gasteiger partial charge in [-0.15, -0.1) is 0 Å². The summed E-state index contributed by atoms with van der Waals surface area (Å²) >= 11 is 0. The lowest BCUT2D eigenvalue weighted by molar-refractivity contribution is -0.141. The minimum atomic E-state index is -3.96. The number of carbonyl (C=O) groups is 3. The number of hydrogen-bond donors (Lipinski definition) is 0. The number of fused-ring (bicyclic) bond motifs is 3. The minimum absolute atomic E-state index is 0.0304. The smallest absolute Gasteiger partial charge is 0.302 e. The third kappa shape index (κ3) is 3.79. The van der Waals surface area contributed by atoms with Crippen molar-refractivity contribution in [3.63, 3.8) is 0 Å². The van der Waals surface area contributed by atoms with Crippen LogP contribution in [-0.4, -0.2) is 56.3 Å². The number of pyridine rings is 1. The third-order valence-corrected chi connectivity index (χ3v) is 7.56. The van der Waals surface area contributed by atoms with Crippen molar-refractivity contribution in [2.75, 3.05) is 24.5 Å². The molecule has 10 heteroatoms. The van der Waals surface area contributed by atoms with Crippen LogP contribution < -0.4 is 4.31 Å². The fourth-order valence-electron chi connectivity index (χ4n) is 4.06. The molecule has 34 heavy (non-hydrogen) atoms. The SMILES string of the molecule is CC(=O)OCCN1C(=O)c2c(C)nc3ccc(S(=O)(=O)N(C)c4ccccc4C)cc3c2C1=O. The molecule has 176 valence electrons. The van der Waals surface area contributed by atoms with Crippen molar-refractivity contribution in [1.82, 2.24) is 9.88 Å². The van der Waals surface area contributed by atoms with Crippen molar-refractivity contribution in [1.29, 1.82) is 0 Å². The highest BCUT2D eigenvalue weighted by Gasteiger charge is 2.39. The van der Waals surface area contributed by atoms with E-state index >= 15 is 0 Å². The van der Waals surface area contributed by atoms with Gasteiger partial charge in [-0.1, -0.05) is 18.2 Å². The molecule has 9 nitrogen and oxygen atoms in total. The summed E-state index contributed by atoms with van der Waals surface area (Å²) in [5, 5.41) is 0.271. The van der Waals surface area contributed by atoms with Crippen LogP contribution in [0.15, 0.2) is 47.4 Å². The van der Waals surface area contributed by atoms with Crippen molar-refractivity contribution < 1.29 is 27.5 Å². The molecule has 1 aliphatic rings. The first-order chi connectivity index (χ1) is 16.0. The fourth-order valence-corrected chi connectivity index (χ4v) is 5.35. The summed E-state index contributed by atoms with van der Waals surface area (Å²) in [6, 6.07) is 11.4. The molecule has 2 heterocycles. The molecule has 0 radical (unpaired) electrons. The van der Waals surface area contributed by atoms with E-state index in [2.05, 4.69) is 4.98 Å². The Balaban J connectivity index is 1.80. The highest BCUT2D eigenvalue weighted by molar-refractivity contribution is 7.92. The molecule has 2 aromatic carbocycles. The number of rotatable bonds is 6. The van der Waals surface area contributed by atoms with E-state index in [1.807, 2.05) is 19.1 Å². The Labute approximate surface area is 197 Å². The summed E-state index contributed by atoms with van der Waals surface area (Å²) in [6.07, 6.45) is 0. The predicted octanol–water partition coefficient (Wildman–Crippen LogP) is 2.84. The van der Waals surface area contributed by atoms with E-state index in [0.717, 1.165) is 10.5 Å². The molecule has 0 N–H and O–H groups in total. The van der Waals surface area contributed by atoms with Crippen LogP contribution in [-0.2, 0) is 19.6 Å². The maximum absolute atomic E-state index is 13.4. The fraction of sp³-hybridized carbons (Fsp3) is 0.250. The first-order valence-electron chi connectivity index (χ1n) is 10.5. The van der Waals surface area contributed by atoms with E-state index in [1.165, 1.54) is 36.5 Å². The topological polar surface area (TPSA) is 114 Å². The van der Waals surface area contributed by atoms with Gasteiger partial charge in [0.25, 0.3) is 21.8 Å². The van der Waals surface area contributed by atoms with Crippen molar-refractivity contribution >= 4 is 44.4 Å². The number of esters is 1. The monoisotopic (exact) mass is 481 g/mol. The average Bonchev–Trinajstić information content (AvgIpc) is 3.04. The molecule has 4 rings (SSSR count). The van der Waals surface area contributed by atoms with Gasteiger partial charge in [-0.2, -0.15) is 0 Å². The van der Waals surface area contributed by atoms with Crippen LogP contribution in [0.1, 0.15) is 38.9 Å². The Hall–Kier alpha value is -3.79. The van der Waals surface area contributed by atoms with Gasteiger partial charge < -0.3 is 4.74 Å². The van der Waals surface area contributed by atoms with Crippen LogP contribution in [0.5, 0.6) is 0 Å². The lowest BCUT2D eigenvalue weighted by Gasteiger charge is -2.21. The molecule has 0 unspecified atom stereocenters. The third-order valence-electron chi connectivity index (χ3n) is 5.79. The van der Waals surface area contributed by atoms with E-state index in [9.17, 15) is 22.8 Å². The van der Waals surface area contributed by atoms with Gasteiger partial charge in [-0.3, -0.25) is 28.6 Å². The predicted molar refractivity (Wildman–Crippen MR) is 125 cm³/mol. The summed E-state index contributed by atoms with van der Waals surface area (Å²) in [7, 11) is -2.50. The van der Waals surface area contributed by atoms with Crippen molar-refractivity contribution in [3.8, 4) is 0 Å². The first kappa shape index (κ1) is 23.4. The van der Waals surface area contributed by atoms with Gasteiger partial charge in [-0.05, 0) is 43.7 Å². The summed E-state index contributed by atoms with van der Waals surface area (Å²) in [4.78, 5) is 42.6. The number of ether oxygens (including phenoxy) is 1. The number of benzene rings is 2. The molecular formula is C24H23N3O6S. The van der Waals surface area contributed by atoms with Crippen LogP contribution >= 0.6 is 0 Å². The average molecular weight is 482 g/mol. The van der Waals surface area contributed by atoms with Crippen LogP contribution in [0.3, 0.4) is 0 Å². The Morgan fingerprint density at radius 1 is 1.06 bits per heavy atom. The molecule has 0 fully saturated rings.